The topological polar surface area (TPSA) is 112 Å². The van der Waals surface area contributed by atoms with Gasteiger partial charge in [0.1, 0.15) is 0 Å². The molecule has 8 nitrogen and oxygen atoms in total. The molecule has 1 rings (SSSR count). The van der Waals surface area contributed by atoms with Gasteiger partial charge in [-0.25, -0.2) is 4.79 Å². The number of rotatable bonds is 15. The van der Waals surface area contributed by atoms with Gasteiger partial charge in [-0.2, -0.15) is 0 Å². The summed E-state index contributed by atoms with van der Waals surface area (Å²) in [5, 5.41) is 2.61. The van der Waals surface area contributed by atoms with Crippen LogP contribution in [-0.4, -0.2) is 41.2 Å². The van der Waals surface area contributed by atoms with Crippen LogP contribution in [0, 0.1) is 5.92 Å². The predicted molar refractivity (Wildman–Crippen MR) is 126 cm³/mol. The molecule has 0 radical (unpaired) electrons. The van der Waals surface area contributed by atoms with Gasteiger partial charge in [0.05, 0.1) is 19.7 Å². The minimum absolute atomic E-state index is 0.0130. The summed E-state index contributed by atoms with van der Waals surface area (Å²) in [5.74, 6) is -0.689. The van der Waals surface area contributed by atoms with Gasteiger partial charge in [0, 0.05) is 37.6 Å². The minimum Gasteiger partial charge on any atom is -0.466 e. The highest BCUT2D eigenvalue weighted by molar-refractivity contribution is 5.89. The molecule has 33 heavy (non-hydrogen) atoms. The number of aromatic nitrogens is 1. The molecule has 0 saturated heterocycles. The summed E-state index contributed by atoms with van der Waals surface area (Å²) < 4.78 is 5.85. The lowest BCUT2D eigenvalue weighted by molar-refractivity contribution is -0.134. The van der Waals surface area contributed by atoms with E-state index in [1.165, 1.54) is 24.7 Å². The zero-order valence-corrected chi connectivity index (χ0v) is 20.1. The van der Waals surface area contributed by atoms with Crippen LogP contribution in [0.3, 0.4) is 0 Å². The van der Waals surface area contributed by atoms with Gasteiger partial charge in [-0.15, -0.1) is 0 Å². The first kappa shape index (κ1) is 28.0. The van der Waals surface area contributed by atoms with Crippen LogP contribution in [0.25, 0.3) is 0 Å². The highest BCUT2D eigenvalue weighted by atomic mass is 16.5. The minimum atomic E-state index is -0.792. The zero-order valence-electron chi connectivity index (χ0n) is 20.1. The molecular weight excluding hydrogens is 424 g/mol. The fourth-order valence-electron chi connectivity index (χ4n) is 3.56. The second-order valence-electron chi connectivity index (χ2n) is 8.13. The maximum Gasteiger partial charge on any atom is 0.330 e. The maximum absolute atomic E-state index is 12.8. The molecule has 8 heteroatoms. The summed E-state index contributed by atoms with van der Waals surface area (Å²) in [4.78, 5) is 60.7. The number of amides is 1. The number of nitrogens with one attached hydrogen (secondary N) is 1. The lowest BCUT2D eigenvalue weighted by Crippen LogP contribution is -2.41. The van der Waals surface area contributed by atoms with Crippen molar-refractivity contribution in [3.8, 4) is 0 Å². The third-order valence-corrected chi connectivity index (χ3v) is 5.64. The van der Waals surface area contributed by atoms with Gasteiger partial charge in [-0.1, -0.05) is 38.8 Å². The molecule has 1 amide bonds. The van der Waals surface area contributed by atoms with Crippen molar-refractivity contribution in [2.75, 3.05) is 7.11 Å². The van der Waals surface area contributed by atoms with E-state index >= 15 is 0 Å². The van der Waals surface area contributed by atoms with Crippen molar-refractivity contribution in [1.82, 2.24) is 9.88 Å². The number of carbonyl (C=O) groups excluding carboxylic acids is 4. The molecule has 0 spiro atoms. The van der Waals surface area contributed by atoms with Crippen LogP contribution in [0.5, 0.6) is 0 Å². The normalized spacial score (nSPS) is 12.0. The Labute approximate surface area is 195 Å². The van der Waals surface area contributed by atoms with Crippen LogP contribution in [0.4, 0.5) is 0 Å². The van der Waals surface area contributed by atoms with Gasteiger partial charge in [-0.05, 0) is 31.2 Å². The number of carbonyl (C=O) groups is 4. The number of allylic oxidation sites excluding steroid dienone is 1. The number of ketones is 2. The van der Waals surface area contributed by atoms with E-state index in [2.05, 4.69) is 23.9 Å². The molecule has 0 fully saturated rings. The van der Waals surface area contributed by atoms with Crippen molar-refractivity contribution in [1.29, 1.82) is 0 Å². The molecule has 182 valence electrons. The Bertz CT molecular complexity index is 898. The van der Waals surface area contributed by atoms with Crippen molar-refractivity contribution in [3.63, 3.8) is 0 Å². The van der Waals surface area contributed by atoms with Gasteiger partial charge >= 0.3 is 5.97 Å². The number of pyridine rings is 1. The summed E-state index contributed by atoms with van der Waals surface area (Å²) in [6.07, 6.45) is 8.14. The number of esters is 1. The Morgan fingerprint density at radius 1 is 1.15 bits per heavy atom. The Morgan fingerprint density at radius 3 is 2.45 bits per heavy atom. The van der Waals surface area contributed by atoms with Crippen molar-refractivity contribution >= 4 is 23.4 Å². The first-order chi connectivity index (χ1) is 15.7. The highest BCUT2D eigenvalue weighted by Gasteiger charge is 2.21. The smallest absolute Gasteiger partial charge is 0.330 e. The Kier molecular flexibility index (Phi) is 12.7. The molecule has 0 aliphatic carbocycles. The Morgan fingerprint density at radius 2 is 1.85 bits per heavy atom. The van der Waals surface area contributed by atoms with Gasteiger partial charge in [0.15, 0.2) is 11.6 Å². The van der Waals surface area contributed by atoms with Crippen LogP contribution >= 0.6 is 0 Å². The molecule has 0 bridgehead atoms. The number of nitrogens with zero attached hydrogens (tertiary/aromatic N) is 1. The van der Waals surface area contributed by atoms with Crippen LogP contribution in [0.1, 0.15) is 64.9 Å². The number of hydrogen-bond donors (Lipinski definition) is 1. The van der Waals surface area contributed by atoms with E-state index in [0.717, 1.165) is 19.3 Å². The first-order valence-corrected chi connectivity index (χ1v) is 11.5. The molecule has 1 N–H and O–H groups in total. The SMILES string of the molecule is CCC(CC)CCC(=O)Cn1cccc(CC(=O)[C@H](CC/C=C/C(=O)OC)NC(C)=O)c1=O. The van der Waals surface area contributed by atoms with Crippen molar-refractivity contribution in [2.45, 2.75) is 78.3 Å². The molecule has 0 aromatic carbocycles. The molecule has 1 aromatic rings. The van der Waals surface area contributed by atoms with E-state index in [9.17, 15) is 24.0 Å². The average molecular weight is 461 g/mol. The molecule has 0 aliphatic rings. The lowest BCUT2D eigenvalue weighted by atomic mass is 9.96. The lowest BCUT2D eigenvalue weighted by Gasteiger charge is -2.16. The van der Waals surface area contributed by atoms with Gasteiger partial charge < -0.3 is 14.6 Å². The number of hydrogen-bond acceptors (Lipinski definition) is 6. The van der Waals surface area contributed by atoms with E-state index in [4.69, 9.17) is 0 Å². The molecule has 1 aromatic heterocycles. The van der Waals surface area contributed by atoms with E-state index in [0.29, 0.717) is 18.8 Å². The van der Waals surface area contributed by atoms with E-state index in [1.54, 1.807) is 24.4 Å². The maximum atomic E-state index is 12.8. The van der Waals surface area contributed by atoms with E-state index in [1.807, 2.05) is 0 Å². The van der Waals surface area contributed by atoms with E-state index in [-0.39, 0.29) is 48.0 Å². The molecule has 1 atom stereocenters. The summed E-state index contributed by atoms with van der Waals surface area (Å²) >= 11 is 0. The summed E-state index contributed by atoms with van der Waals surface area (Å²) in [6.45, 7) is 5.50. The largest absolute Gasteiger partial charge is 0.466 e. The molecule has 1 heterocycles. The van der Waals surface area contributed by atoms with Crippen molar-refractivity contribution in [2.24, 2.45) is 5.92 Å². The van der Waals surface area contributed by atoms with Crippen LogP contribution in [0.2, 0.25) is 0 Å². The Balaban J connectivity index is 2.83. The second-order valence-corrected chi connectivity index (χ2v) is 8.13. The van der Waals surface area contributed by atoms with Gasteiger partial charge in [0.25, 0.3) is 5.56 Å². The highest BCUT2D eigenvalue weighted by Crippen LogP contribution is 2.15. The second kappa shape index (κ2) is 14.9. The fourth-order valence-corrected chi connectivity index (χ4v) is 3.56. The standard InChI is InChI=1S/C25H36N2O6/c1-5-19(6-2)13-14-21(29)17-27-15-9-10-20(25(27)32)16-23(30)22(26-18(3)28)11-7-8-12-24(31)33-4/h8-10,12,15,19,22H,5-7,11,13-14,16-17H2,1-4H3,(H,26,28)/b12-8+/t22-/m0/s1. The van der Waals surface area contributed by atoms with Crippen molar-refractivity contribution in [3.05, 3.63) is 46.4 Å². The summed E-state index contributed by atoms with van der Waals surface area (Å²) in [5.41, 5.74) is -0.107. The van der Waals surface area contributed by atoms with Gasteiger partial charge in [0.2, 0.25) is 5.91 Å². The van der Waals surface area contributed by atoms with Crippen LogP contribution < -0.4 is 10.9 Å². The van der Waals surface area contributed by atoms with Crippen LogP contribution in [-0.2, 0) is 36.9 Å². The number of Topliss-reactive ketones (excluding diaryl/α,β-unsaturated/α-hetero) is 2. The molecule has 0 aliphatic heterocycles. The quantitative estimate of drug-likeness (QED) is 0.318. The summed E-state index contributed by atoms with van der Waals surface area (Å²) in [6, 6.07) is 2.41. The first-order valence-electron chi connectivity index (χ1n) is 11.5. The number of ether oxygens (including phenoxy) is 1. The van der Waals surface area contributed by atoms with E-state index < -0.39 is 12.0 Å². The molecule has 0 saturated carbocycles. The fraction of sp³-hybridized carbons (Fsp3) is 0.560. The Hall–Kier alpha value is -3.03. The molecular formula is C25H36N2O6. The average Bonchev–Trinajstić information content (AvgIpc) is 2.78. The summed E-state index contributed by atoms with van der Waals surface area (Å²) in [7, 11) is 1.27. The molecule has 0 unspecified atom stereocenters. The third kappa shape index (κ3) is 10.4. The van der Waals surface area contributed by atoms with Crippen molar-refractivity contribution < 1.29 is 23.9 Å². The predicted octanol–water partition coefficient (Wildman–Crippen LogP) is 2.76. The zero-order chi connectivity index (χ0) is 24.8. The van der Waals surface area contributed by atoms with Gasteiger partial charge in [-0.3, -0.25) is 19.2 Å². The monoisotopic (exact) mass is 460 g/mol. The third-order valence-electron chi connectivity index (χ3n) is 5.64. The van der Waals surface area contributed by atoms with Crippen LogP contribution in [0.15, 0.2) is 35.3 Å². The number of methoxy groups -OCH3 is 1.